The van der Waals surface area contributed by atoms with Gasteiger partial charge >= 0.3 is 6.18 Å². The maximum absolute atomic E-state index is 12.3. The van der Waals surface area contributed by atoms with E-state index in [1.165, 1.54) is 0 Å². The van der Waals surface area contributed by atoms with Gasteiger partial charge in [-0.2, -0.15) is 13.2 Å². The van der Waals surface area contributed by atoms with Crippen molar-refractivity contribution in [2.24, 2.45) is 5.92 Å². The molecule has 0 radical (unpaired) electrons. The van der Waals surface area contributed by atoms with Crippen LogP contribution in [0.25, 0.3) is 0 Å². The highest BCUT2D eigenvalue weighted by Crippen LogP contribution is 2.37. The van der Waals surface area contributed by atoms with Gasteiger partial charge in [0.25, 0.3) is 0 Å². The van der Waals surface area contributed by atoms with Crippen molar-refractivity contribution in [2.45, 2.75) is 37.9 Å². The number of rotatable bonds is 2. The molecule has 0 unspecified atom stereocenters. The molecule has 0 atom stereocenters. The van der Waals surface area contributed by atoms with Crippen molar-refractivity contribution in [3.8, 4) is 0 Å². The number of hydrogen-bond donors (Lipinski definition) is 1. The highest BCUT2D eigenvalue weighted by Gasteiger charge is 2.41. The Hall–Kier alpha value is -0.260. The summed E-state index contributed by atoms with van der Waals surface area (Å²) in [6.45, 7) is 0. The van der Waals surface area contributed by atoms with Crippen LogP contribution in [0.1, 0.15) is 25.7 Å². The van der Waals surface area contributed by atoms with Gasteiger partial charge in [-0.1, -0.05) is 15.9 Å². The summed E-state index contributed by atoms with van der Waals surface area (Å²) >= 11 is 2.99. The summed E-state index contributed by atoms with van der Waals surface area (Å²) in [5.74, 6) is -1.35. The molecule has 1 aliphatic rings. The van der Waals surface area contributed by atoms with Crippen molar-refractivity contribution in [1.29, 1.82) is 0 Å². The zero-order chi connectivity index (χ0) is 11.5. The first-order valence-corrected chi connectivity index (χ1v) is 5.97. The molecule has 1 amide bonds. The maximum Gasteiger partial charge on any atom is 0.391 e. The first-order chi connectivity index (χ1) is 6.93. The summed E-state index contributed by atoms with van der Waals surface area (Å²) in [5, 5.41) is 2.89. The van der Waals surface area contributed by atoms with Gasteiger partial charge in [0.05, 0.1) is 11.2 Å². The molecule has 0 heterocycles. The van der Waals surface area contributed by atoms with Crippen molar-refractivity contribution in [3.05, 3.63) is 0 Å². The summed E-state index contributed by atoms with van der Waals surface area (Å²) in [6.07, 6.45) is -3.00. The SMILES string of the molecule is O=C(CBr)NC1CCC(C(F)(F)F)CC1. The number of carbonyl (C=O) groups excluding carboxylic acids is 1. The highest BCUT2D eigenvalue weighted by molar-refractivity contribution is 9.09. The second kappa shape index (κ2) is 5.18. The Morgan fingerprint density at radius 2 is 1.80 bits per heavy atom. The fourth-order valence-electron chi connectivity index (χ4n) is 1.83. The molecular formula is C9H13BrF3NO. The zero-order valence-corrected chi connectivity index (χ0v) is 9.70. The van der Waals surface area contributed by atoms with Gasteiger partial charge in [0.15, 0.2) is 0 Å². The van der Waals surface area contributed by atoms with Crippen LogP contribution in [0.15, 0.2) is 0 Å². The average Bonchev–Trinajstić information content (AvgIpc) is 2.17. The second-order valence-corrected chi connectivity index (χ2v) is 4.35. The quantitative estimate of drug-likeness (QED) is 0.778. The molecule has 1 N–H and O–H groups in total. The Morgan fingerprint density at radius 1 is 1.27 bits per heavy atom. The Kier molecular flexibility index (Phi) is 4.43. The first-order valence-electron chi connectivity index (χ1n) is 4.85. The van der Waals surface area contributed by atoms with Crippen molar-refractivity contribution < 1.29 is 18.0 Å². The van der Waals surface area contributed by atoms with Crippen LogP contribution in [0.3, 0.4) is 0 Å². The van der Waals surface area contributed by atoms with Crippen LogP contribution in [0.4, 0.5) is 13.2 Å². The number of alkyl halides is 4. The molecule has 0 aromatic carbocycles. The van der Waals surface area contributed by atoms with Gasteiger partial charge in [-0.3, -0.25) is 4.79 Å². The van der Waals surface area contributed by atoms with Crippen molar-refractivity contribution in [2.75, 3.05) is 5.33 Å². The molecule has 0 aromatic rings. The van der Waals surface area contributed by atoms with Crippen molar-refractivity contribution >= 4 is 21.8 Å². The predicted molar refractivity (Wildman–Crippen MR) is 53.7 cm³/mol. The van der Waals surface area contributed by atoms with Gasteiger partial charge in [-0.05, 0) is 25.7 Å². The molecule has 0 spiro atoms. The van der Waals surface area contributed by atoms with Crippen LogP contribution in [0.2, 0.25) is 0 Å². The molecule has 0 bridgehead atoms. The molecule has 6 heteroatoms. The van der Waals surface area contributed by atoms with Crippen LogP contribution in [-0.2, 0) is 4.79 Å². The lowest BCUT2D eigenvalue weighted by Crippen LogP contribution is -2.40. The average molecular weight is 288 g/mol. The van der Waals surface area contributed by atoms with E-state index < -0.39 is 12.1 Å². The normalized spacial score (nSPS) is 27.5. The van der Waals surface area contributed by atoms with Gasteiger partial charge in [-0.15, -0.1) is 0 Å². The second-order valence-electron chi connectivity index (χ2n) is 3.79. The van der Waals surface area contributed by atoms with E-state index in [-0.39, 0.29) is 30.1 Å². The smallest absolute Gasteiger partial charge is 0.353 e. The monoisotopic (exact) mass is 287 g/mol. The van der Waals surface area contributed by atoms with Gasteiger partial charge in [-0.25, -0.2) is 0 Å². The number of nitrogens with one attached hydrogen (secondary N) is 1. The molecule has 1 fully saturated rings. The summed E-state index contributed by atoms with van der Waals surface area (Å²) in [5.41, 5.74) is 0. The van der Waals surface area contributed by atoms with Crippen LogP contribution in [0, 0.1) is 5.92 Å². The lowest BCUT2D eigenvalue weighted by molar-refractivity contribution is -0.182. The summed E-state index contributed by atoms with van der Waals surface area (Å²) in [7, 11) is 0. The van der Waals surface area contributed by atoms with Crippen molar-refractivity contribution in [1.82, 2.24) is 5.32 Å². The third-order valence-corrected chi connectivity index (χ3v) is 3.19. The molecule has 1 aliphatic carbocycles. The fraction of sp³-hybridized carbons (Fsp3) is 0.889. The molecule has 0 saturated heterocycles. The zero-order valence-electron chi connectivity index (χ0n) is 8.11. The van der Waals surface area contributed by atoms with E-state index in [4.69, 9.17) is 0 Å². The van der Waals surface area contributed by atoms with Crippen LogP contribution < -0.4 is 5.32 Å². The largest absolute Gasteiger partial charge is 0.391 e. The van der Waals surface area contributed by atoms with Crippen LogP contribution in [-0.4, -0.2) is 23.5 Å². The van der Waals surface area contributed by atoms with Gasteiger partial charge < -0.3 is 5.32 Å². The summed E-state index contributed by atoms with van der Waals surface area (Å²) in [6, 6.07) is -0.0892. The van der Waals surface area contributed by atoms with E-state index in [9.17, 15) is 18.0 Å². The van der Waals surface area contributed by atoms with E-state index in [2.05, 4.69) is 21.2 Å². The van der Waals surface area contributed by atoms with Gasteiger partial charge in [0.2, 0.25) is 5.91 Å². The van der Waals surface area contributed by atoms with E-state index in [0.717, 1.165) is 0 Å². The minimum Gasteiger partial charge on any atom is -0.353 e. The molecule has 1 saturated carbocycles. The Balaban J connectivity index is 2.33. The molecule has 1 rings (SSSR count). The highest BCUT2D eigenvalue weighted by atomic mass is 79.9. The number of amides is 1. The third kappa shape index (κ3) is 4.01. The topological polar surface area (TPSA) is 29.1 Å². The Morgan fingerprint density at radius 3 is 2.20 bits per heavy atom. The standard InChI is InChI=1S/C9H13BrF3NO/c10-5-8(15)14-7-3-1-6(2-4-7)9(11,12)13/h6-7H,1-5H2,(H,14,15). The summed E-state index contributed by atoms with van der Waals surface area (Å²) < 4.78 is 36.9. The van der Waals surface area contributed by atoms with E-state index >= 15 is 0 Å². The van der Waals surface area contributed by atoms with Gasteiger partial charge in [0.1, 0.15) is 0 Å². The van der Waals surface area contributed by atoms with Crippen molar-refractivity contribution in [3.63, 3.8) is 0 Å². The minimum atomic E-state index is -4.08. The number of halogens is 4. The lowest BCUT2D eigenvalue weighted by atomic mass is 9.85. The molecular weight excluding hydrogens is 275 g/mol. The lowest BCUT2D eigenvalue weighted by Gasteiger charge is -2.30. The number of hydrogen-bond acceptors (Lipinski definition) is 1. The summed E-state index contributed by atoms with van der Waals surface area (Å²) in [4.78, 5) is 11.0. The van der Waals surface area contributed by atoms with E-state index in [0.29, 0.717) is 12.8 Å². The minimum absolute atomic E-state index is 0.0892. The third-order valence-electron chi connectivity index (χ3n) is 2.68. The maximum atomic E-state index is 12.3. The van der Waals surface area contributed by atoms with E-state index in [1.54, 1.807) is 0 Å². The number of carbonyl (C=O) groups is 1. The van der Waals surface area contributed by atoms with Gasteiger partial charge in [0, 0.05) is 6.04 Å². The molecule has 88 valence electrons. The molecule has 2 nitrogen and oxygen atoms in total. The first kappa shape index (κ1) is 12.8. The molecule has 15 heavy (non-hydrogen) atoms. The van der Waals surface area contributed by atoms with E-state index in [1.807, 2.05) is 0 Å². The molecule has 0 aromatic heterocycles. The fourth-order valence-corrected chi connectivity index (χ4v) is 1.99. The van der Waals surface area contributed by atoms with Crippen LogP contribution >= 0.6 is 15.9 Å². The van der Waals surface area contributed by atoms with Crippen LogP contribution in [0.5, 0.6) is 0 Å². The Bertz CT molecular complexity index is 224. The Labute approximate surface area is 94.7 Å². The molecule has 0 aliphatic heterocycles. The predicted octanol–water partition coefficient (Wildman–Crippen LogP) is 2.62.